The lowest BCUT2D eigenvalue weighted by Gasteiger charge is -2.39. The van der Waals surface area contributed by atoms with E-state index in [0.29, 0.717) is 4.48 Å². The number of nitrogens with zero attached hydrogens (tertiary/aromatic N) is 1. The molecule has 3 nitrogen and oxygen atoms in total. The fourth-order valence-corrected chi connectivity index (χ4v) is 5.73. The summed E-state index contributed by atoms with van der Waals surface area (Å²) >= 11 is 0. The van der Waals surface area contributed by atoms with E-state index >= 15 is 0 Å². The molecule has 4 heteroatoms. The highest BCUT2D eigenvalue weighted by molar-refractivity contribution is 7.38. The highest BCUT2D eigenvalue weighted by Crippen LogP contribution is 2.45. The van der Waals surface area contributed by atoms with Crippen molar-refractivity contribution in [3.63, 3.8) is 0 Å². The van der Waals surface area contributed by atoms with Crippen LogP contribution in [0.25, 0.3) is 0 Å². The van der Waals surface area contributed by atoms with Gasteiger partial charge < -0.3 is 4.89 Å². The Bertz CT molecular complexity index is 510. The molecular weight excluding hydrogens is 413 g/mol. The van der Waals surface area contributed by atoms with Crippen LogP contribution in [0.1, 0.15) is 129 Å². The number of allylic oxidation sites excluding steroid dienone is 4. The minimum Gasteiger partial charge on any atom is -0.590 e. The van der Waals surface area contributed by atoms with Crippen LogP contribution in [-0.2, 0) is 4.57 Å². The Labute approximate surface area is 202 Å². The first-order valence-electron chi connectivity index (χ1n) is 13.6. The van der Waals surface area contributed by atoms with Gasteiger partial charge in [-0.2, -0.15) is 0 Å². The van der Waals surface area contributed by atoms with Gasteiger partial charge in [-0.1, -0.05) is 87.7 Å². The van der Waals surface area contributed by atoms with Gasteiger partial charge in [-0.3, -0.25) is 4.48 Å². The Morgan fingerprint density at radius 1 is 0.625 bits per heavy atom. The molecule has 0 rings (SSSR count). The van der Waals surface area contributed by atoms with E-state index in [-0.39, 0.29) is 0 Å². The van der Waals surface area contributed by atoms with Crippen LogP contribution in [0, 0.1) is 0 Å². The van der Waals surface area contributed by atoms with Crippen molar-refractivity contribution >= 4 is 8.03 Å². The maximum atomic E-state index is 12.1. The van der Waals surface area contributed by atoms with Crippen LogP contribution >= 0.6 is 8.03 Å². The third-order valence-corrected chi connectivity index (χ3v) is 8.46. The van der Waals surface area contributed by atoms with E-state index in [1.54, 1.807) is 0 Å². The molecule has 0 fully saturated rings. The molecule has 0 N–H and O–H groups in total. The molecule has 0 aliphatic carbocycles. The highest BCUT2D eigenvalue weighted by Gasteiger charge is 2.53. The minimum absolute atomic E-state index is 0.517. The predicted octanol–water partition coefficient (Wildman–Crippen LogP) is 8.67. The number of rotatable bonds is 22. The van der Waals surface area contributed by atoms with E-state index < -0.39 is 13.3 Å². The number of hydrogen-bond acceptors (Lipinski definition) is 2. The van der Waals surface area contributed by atoms with Crippen molar-refractivity contribution in [1.29, 1.82) is 0 Å². The Hall–Kier alpha value is -0.500. The molecule has 2 atom stereocenters. The molecule has 0 aromatic rings. The van der Waals surface area contributed by atoms with E-state index in [2.05, 4.69) is 38.2 Å². The summed E-state index contributed by atoms with van der Waals surface area (Å²) < 4.78 is 12.6. The van der Waals surface area contributed by atoms with Gasteiger partial charge in [-0.25, -0.2) is 0 Å². The molecule has 188 valence electrons. The molecule has 0 bridgehead atoms. The average molecular weight is 469 g/mol. The van der Waals surface area contributed by atoms with Crippen molar-refractivity contribution in [3.05, 3.63) is 24.3 Å². The lowest BCUT2D eigenvalue weighted by Crippen LogP contribution is -2.55. The van der Waals surface area contributed by atoms with Gasteiger partial charge in [-0.15, -0.1) is 0 Å². The SMILES string of the molecule is CCCC/C=C\CCCC/C=C\CCCCCCCCCC(CCC)([P+](=O)[O-])[N+](C)(C)C. The van der Waals surface area contributed by atoms with Crippen molar-refractivity contribution in [1.82, 2.24) is 0 Å². The van der Waals surface area contributed by atoms with E-state index in [9.17, 15) is 9.46 Å². The second-order valence-electron chi connectivity index (χ2n) is 10.4. The van der Waals surface area contributed by atoms with Crippen molar-refractivity contribution in [2.24, 2.45) is 0 Å². The fraction of sp³-hybridized carbons (Fsp3) is 0.857. The van der Waals surface area contributed by atoms with Crippen molar-refractivity contribution in [2.75, 3.05) is 21.1 Å². The Balaban J connectivity index is 3.69. The normalized spacial score (nSPS) is 15.0. The molecule has 0 saturated carbocycles. The molecule has 0 aromatic carbocycles. The molecule has 0 spiro atoms. The van der Waals surface area contributed by atoms with Crippen LogP contribution in [0.3, 0.4) is 0 Å². The summed E-state index contributed by atoms with van der Waals surface area (Å²) in [6.45, 7) is 4.34. The summed E-state index contributed by atoms with van der Waals surface area (Å²) in [4.78, 5) is 12.1. The number of hydrogen-bond donors (Lipinski definition) is 0. The molecule has 0 aromatic heterocycles. The molecule has 0 aliphatic heterocycles. The van der Waals surface area contributed by atoms with Crippen LogP contribution in [0.5, 0.6) is 0 Å². The molecule has 0 saturated heterocycles. The Kier molecular flexibility index (Phi) is 19.6. The zero-order chi connectivity index (χ0) is 24.1. The largest absolute Gasteiger partial charge is 0.590 e. The van der Waals surface area contributed by atoms with E-state index in [1.165, 1.54) is 83.5 Å². The van der Waals surface area contributed by atoms with Gasteiger partial charge in [0.15, 0.2) is 0 Å². The summed E-state index contributed by atoms with van der Waals surface area (Å²) in [6, 6.07) is 0. The summed E-state index contributed by atoms with van der Waals surface area (Å²) in [5.74, 6) is 0. The lowest BCUT2D eigenvalue weighted by molar-refractivity contribution is -0.910. The third kappa shape index (κ3) is 14.6. The average Bonchev–Trinajstić information content (AvgIpc) is 2.73. The van der Waals surface area contributed by atoms with E-state index in [0.717, 1.165) is 32.1 Å². The second kappa shape index (κ2) is 19.9. The van der Waals surface area contributed by atoms with Crippen LogP contribution in [0.2, 0.25) is 0 Å². The number of quaternary nitrogens is 1. The zero-order valence-corrected chi connectivity index (χ0v) is 23.1. The Morgan fingerprint density at radius 3 is 1.44 bits per heavy atom. The molecule has 0 radical (unpaired) electrons. The van der Waals surface area contributed by atoms with Crippen LogP contribution < -0.4 is 4.89 Å². The van der Waals surface area contributed by atoms with Gasteiger partial charge >= 0.3 is 8.03 Å². The lowest BCUT2D eigenvalue weighted by atomic mass is 9.99. The first kappa shape index (κ1) is 31.5. The van der Waals surface area contributed by atoms with Crippen molar-refractivity contribution in [2.45, 2.75) is 135 Å². The maximum Gasteiger partial charge on any atom is 0.376 e. The maximum absolute atomic E-state index is 12.1. The predicted molar refractivity (Wildman–Crippen MR) is 141 cm³/mol. The summed E-state index contributed by atoms with van der Waals surface area (Å²) in [5.41, 5.74) is 0. The van der Waals surface area contributed by atoms with Gasteiger partial charge in [0.2, 0.25) is 0 Å². The summed E-state index contributed by atoms with van der Waals surface area (Å²) in [5, 5.41) is -0.595. The van der Waals surface area contributed by atoms with Gasteiger partial charge in [-0.05, 0) is 57.8 Å². The molecule has 0 heterocycles. The van der Waals surface area contributed by atoms with Gasteiger partial charge in [0.25, 0.3) is 5.28 Å². The van der Waals surface area contributed by atoms with Gasteiger partial charge in [0.05, 0.1) is 21.1 Å². The first-order chi connectivity index (χ1) is 15.3. The molecule has 32 heavy (non-hydrogen) atoms. The zero-order valence-electron chi connectivity index (χ0n) is 22.2. The standard InChI is InChI=1S/C28H55NO2P/c1-6-8-9-10-11-12-13-14-15-16-17-18-19-20-21-22-23-24-25-27-28(26-7-2,32(30)31)29(3,4)5/h10-11,16-17H,6-9,12-15,18-27H2,1-5H3/q+1/b11-10-,17-16-. The van der Waals surface area contributed by atoms with Crippen LogP contribution in [-0.4, -0.2) is 30.9 Å². The van der Waals surface area contributed by atoms with E-state index in [4.69, 9.17) is 0 Å². The topological polar surface area (TPSA) is 40.1 Å². The molecule has 0 amide bonds. The summed E-state index contributed by atoms with van der Waals surface area (Å²) in [7, 11) is 3.66. The van der Waals surface area contributed by atoms with Crippen molar-refractivity contribution in [3.8, 4) is 0 Å². The monoisotopic (exact) mass is 468 g/mol. The molecular formula is C28H55NO2P+. The third-order valence-electron chi connectivity index (χ3n) is 6.74. The quantitative estimate of drug-likeness (QED) is 0.0690. The highest BCUT2D eigenvalue weighted by atomic mass is 31.1. The molecule has 0 aliphatic rings. The van der Waals surface area contributed by atoms with E-state index in [1.807, 2.05) is 21.1 Å². The smallest absolute Gasteiger partial charge is 0.376 e. The first-order valence-corrected chi connectivity index (χ1v) is 14.8. The van der Waals surface area contributed by atoms with Gasteiger partial charge in [0.1, 0.15) is 0 Å². The fourth-order valence-electron chi connectivity index (χ4n) is 4.50. The Morgan fingerprint density at radius 2 is 1.03 bits per heavy atom. The molecule has 2 unspecified atom stereocenters. The van der Waals surface area contributed by atoms with Crippen LogP contribution in [0.4, 0.5) is 0 Å². The number of unbranched alkanes of at least 4 members (excludes halogenated alkanes) is 12. The summed E-state index contributed by atoms with van der Waals surface area (Å²) in [6.07, 6.45) is 30.7. The minimum atomic E-state index is -2.43. The van der Waals surface area contributed by atoms with Gasteiger partial charge in [0, 0.05) is 12.8 Å². The van der Waals surface area contributed by atoms with Crippen molar-refractivity contribution < 1.29 is 13.9 Å². The second-order valence-corrected chi connectivity index (χ2v) is 11.7. The van der Waals surface area contributed by atoms with Crippen LogP contribution in [0.15, 0.2) is 24.3 Å².